The third-order valence-corrected chi connectivity index (χ3v) is 2.34. The maximum Gasteiger partial charge on any atom is 0.275 e. The Bertz CT molecular complexity index is 388. The molecule has 0 aliphatic heterocycles. The molecule has 0 radical (unpaired) electrons. The van der Waals surface area contributed by atoms with E-state index in [9.17, 15) is 10.1 Å². The van der Waals surface area contributed by atoms with Crippen molar-refractivity contribution in [1.29, 1.82) is 0 Å². The van der Waals surface area contributed by atoms with Gasteiger partial charge in [-0.2, -0.15) is 0 Å². The number of hydrogen-bond acceptors (Lipinski definition) is 4. The van der Waals surface area contributed by atoms with E-state index < -0.39 is 10.5 Å². The third-order valence-electron chi connectivity index (χ3n) is 2.34. The highest BCUT2D eigenvalue weighted by atomic mass is 16.6. The summed E-state index contributed by atoms with van der Waals surface area (Å²) >= 11 is 0. The summed E-state index contributed by atoms with van der Waals surface area (Å²) in [5.74, 6) is 5.15. The summed E-state index contributed by atoms with van der Waals surface area (Å²) in [5.41, 5.74) is 0.468. The number of rotatable bonds is 3. The number of benzene rings is 1. The van der Waals surface area contributed by atoms with Crippen LogP contribution in [0.25, 0.3) is 0 Å². The number of nitro benzene ring substituents is 1. The minimum Gasteiger partial charge on any atom is -0.294 e. The standard InChI is InChI=1S/C10H14N2O3/c1-7-5-4-6-8(12(13)14)9(7)10(2,3)15-11/h4-6H,11H2,1-3H3. The van der Waals surface area contributed by atoms with Gasteiger partial charge >= 0.3 is 0 Å². The van der Waals surface area contributed by atoms with Gasteiger partial charge in [0.2, 0.25) is 0 Å². The fraction of sp³-hybridized carbons (Fsp3) is 0.400. The van der Waals surface area contributed by atoms with Gasteiger partial charge in [0.05, 0.1) is 10.5 Å². The Morgan fingerprint density at radius 3 is 2.53 bits per heavy atom. The first-order chi connectivity index (χ1) is 6.90. The highest BCUT2D eigenvalue weighted by Crippen LogP contribution is 2.33. The Labute approximate surface area is 88.0 Å². The lowest BCUT2D eigenvalue weighted by molar-refractivity contribution is -0.386. The van der Waals surface area contributed by atoms with E-state index in [0.29, 0.717) is 5.56 Å². The van der Waals surface area contributed by atoms with Crippen LogP contribution in [0.3, 0.4) is 0 Å². The van der Waals surface area contributed by atoms with Crippen molar-refractivity contribution in [2.45, 2.75) is 26.4 Å². The number of aryl methyl sites for hydroxylation is 1. The summed E-state index contributed by atoms with van der Waals surface area (Å²) < 4.78 is 0. The van der Waals surface area contributed by atoms with Crippen LogP contribution >= 0.6 is 0 Å². The Kier molecular flexibility index (Phi) is 3.06. The zero-order valence-corrected chi connectivity index (χ0v) is 8.98. The van der Waals surface area contributed by atoms with E-state index >= 15 is 0 Å². The van der Waals surface area contributed by atoms with Crippen molar-refractivity contribution in [2.24, 2.45) is 5.90 Å². The molecule has 1 aromatic carbocycles. The molecule has 0 unspecified atom stereocenters. The summed E-state index contributed by atoms with van der Waals surface area (Å²) in [6.45, 7) is 5.19. The van der Waals surface area contributed by atoms with Crippen molar-refractivity contribution in [2.75, 3.05) is 0 Å². The second kappa shape index (κ2) is 3.96. The normalized spacial score (nSPS) is 11.5. The lowest BCUT2D eigenvalue weighted by Crippen LogP contribution is -2.27. The van der Waals surface area contributed by atoms with Crippen LogP contribution < -0.4 is 5.90 Å². The molecular weight excluding hydrogens is 196 g/mol. The van der Waals surface area contributed by atoms with Crippen LogP contribution in [0, 0.1) is 17.0 Å². The van der Waals surface area contributed by atoms with Gasteiger partial charge in [-0.3, -0.25) is 15.0 Å². The Hall–Kier alpha value is -1.46. The van der Waals surface area contributed by atoms with Crippen molar-refractivity contribution in [3.05, 3.63) is 39.4 Å². The van der Waals surface area contributed by atoms with Crippen LogP contribution in [-0.4, -0.2) is 4.92 Å². The summed E-state index contributed by atoms with van der Waals surface area (Å²) in [6, 6.07) is 4.88. The molecule has 82 valence electrons. The number of nitrogens with zero attached hydrogens (tertiary/aromatic N) is 1. The minimum atomic E-state index is -0.867. The molecule has 0 atom stereocenters. The predicted octanol–water partition coefficient (Wildman–Crippen LogP) is 2.03. The topological polar surface area (TPSA) is 78.4 Å². The molecular formula is C10H14N2O3. The highest BCUT2D eigenvalue weighted by Gasteiger charge is 2.31. The van der Waals surface area contributed by atoms with Gasteiger partial charge < -0.3 is 0 Å². The molecule has 0 aromatic heterocycles. The Morgan fingerprint density at radius 2 is 2.07 bits per heavy atom. The summed E-state index contributed by atoms with van der Waals surface area (Å²) in [7, 11) is 0. The second-order valence-electron chi connectivity index (χ2n) is 3.85. The summed E-state index contributed by atoms with van der Waals surface area (Å²) in [4.78, 5) is 15.2. The van der Waals surface area contributed by atoms with E-state index in [1.165, 1.54) is 6.07 Å². The molecule has 5 nitrogen and oxygen atoms in total. The molecule has 1 rings (SSSR count). The molecule has 0 saturated heterocycles. The third kappa shape index (κ3) is 2.14. The molecule has 0 aliphatic rings. The smallest absolute Gasteiger partial charge is 0.275 e. The number of hydrogen-bond donors (Lipinski definition) is 1. The zero-order valence-electron chi connectivity index (χ0n) is 8.98. The van der Waals surface area contributed by atoms with Gasteiger partial charge in [-0.25, -0.2) is 5.90 Å². The van der Waals surface area contributed by atoms with Crippen molar-refractivity contribution < 1.29 is 9.76 Å². The van der Waals surface area contributed by atoms with Gasteiger partial charge in [-0.05, 0) is 26.3 Å². The molecule has 0 bridgehead atoms. The van der Waals surface area contributed by atoms with Crippen LogP contribution in [-0.2, 0) is 10.4 Å². The molecule has 0 fully saturated rings. The molecule has 0 heterocycles. The van der Waals surface area contributed by atoms with Crippen molar-refractivity contribution >= 4 is 5.69 Å². The molecule has 0 spiro atoms. The first-order valence-corrected chi connectivity index (χ1v) is 4.52. The zero-order chi connectivity index (χ0) is 11.6. The molecule has 0 aliphatic carbocycles. The quantitative estimate of drug-likeness (QED) is 0.611. The number of nitrogens with two attached hydrogens (primary N) is 1. The molecule has 5 heteroatoms. The Balaban J connectivity index is 3.44. The van der Waals surface area contributed by atoms with Crippen molar-refractivity contribution in [1.82, 2.24) is 0 Å². The maximum absolute atomic E-state index is 10.8. The lowest BCUT2D eigenvalue weighted by Gasteiger charge is -2.23. The second-order valence-corrected chi connectivity index (χ2v) is 3.85. The van der Waals surface area contributed by atoms with E-state index in [0.717, 1.165) is 5.56 Å². The van der Waals surface area contributed by atoms with Gasteiger partial charge in [-0.15, -0.1) is 0 Å². The maximum atomic E-state index is 10.8. The van der Waals surface area contributed by atoms with E-state index in [-0.39, 0.29) is 5.69 Å². The fourth-order valence-corrected chi connectivity index (χ4v) is 1.65. The monoisotopic (exact) mass is 210 g/mol. The molecule has 0 saturated carbocycles. The molecule has 0 amide bonds. The van der Waals surface area contributed by atoms with Crippen LogP contribution in [0.4, 0.5) is 5.69 Å². The molecule has 15 heavy (non-hydrogen) atoms. The minimum absolute atomic E-state index is 0.0328. The van der Waals surface area contributed by atoms with Gasteiger partial charge in [0.15, 0.2) is 0 Å². The Morgan fingerprint density at radius 1 is 1.47 bits per heavy atom. The van der Waals surface area contributed by atoms with Gasteiger partial charge in [0.25, 0.3) is 5.69 Å². The first kappa shape index (κ1) is 11.6. The van der Waals surface area contributed by atoms with E-state index in [2.05, 4.69) is 0 Å². The average Bonchev–Trinajstić information content (AvgIpc) is 2.17. The largest absolute Gasteiger partial charge is 0.294 e. The predicted molar refractivity (Wildman–Crippen MR) is 56.1 cm³/mol. The van der Waals surface area contributed by atoms with Gasteiger partial charge in [0.1, 0.15) is 5.60 Å². The van der Waals surface area contributed by atoms with Crippen LogP contribution in [0.5, 0.6) is 0 Å². The van der Waals surface area contributed by atoms with E-state index in [1.807, 2.05) is 0 Å². The summed E-state index contributed by atoms with van der Waals surface area (Å²) in [5, 5.41) is 10.8. The van der Waals surface area contributed by atoms with Crippen LogP contribution in [0.1, 0.15) is 25.0 Å². The van der Waals surface area contributed by atoms with Crippen molar-refractivity contribution in [3.63, 3.8) is 0 Å². The average molecular weight is 210 g/mol. The SMILES string of the molecule is Cc1cccc([N+](=O)[O-])c1C(C)(C)ON. The van der Waals surface area contributed by atoms with E-state index in [4.69, 9.17) is 10.7 Å². The molecule has 2 N–H and O–H groups in total. The fourth-order valence-electron chi connectivity index (χ4n) is 1.65. The van der Waals surface area contributed by atoms with E-state index in [1.54, 1.807) is 32.9 Å². The lowest BCUT2D eigenvalue weighted by atomic mass is 9.92. The van der Waals surface area contributed by atoms with Gasteiger partial charge in [0, 0.05) is 6.07 Å². The van der Waals surface area contributed by atoms with Crippen molar-refractivity contribution in [3.8, 4) is 0 Å². The number of nitro groups is 1. The summed E-state index contributed by atoms with van der Waals surface area (Å²) in [6.07, 6.45) is 0. The first-order valence-electron chi connectivity index (χ1n) is 4.52. The van der Waals surface area contributed by atoms with Crippen LogP contribution in [0.2, 0.25) is 0 Å². The molecule has 1 aromatic rings. The van der Waals surface area contributed by atoms with Gasteiger partial charge in [-0.1, -0.05) is 12.1 Å². The highest BCUT2D eigenvalue weighted by molar-refractivity contribution is 5.48. The van der Waals surface area contributed by atoms with Crippen LogP contribution in [0.15, 0.2) is 18.2 Å².